The number of hydrogen-bond acceptors (Lipinski definition) is 4. The van der Waals surface area contributed by atoms with Crippen molar-refractivity contribution in [1.29, 1.82) is 0 Å². The highest BCUT2D eigenvalue weighted by Crippen LogP contribution is 2.33. The summed E-state index contributed by atoms with van der Waals surface area (Å²) in [7, 11) is -3.74. The number of halogens is 1. The average Bonchev–Trinajstić information content (AvgIpc) is 3.56. The molecule has 1 unspecified atom stereocenters. The highest BCUT2D eigenvalue weighted by atomic mass is 35.5. The molecule has 1 heterocycles. The van der Waals surface area contributed by atoms with Crippen LogP contribution < -0.4 is 15.4 Å². The first-order valence-corrected chi connectivity index (χ1v) is 11.2. The second kappa shape index (κ2) is 8.73. The first-order valence-electron chi connectivity index (χ1n) is 9.72. The summed E-state index contributed by atoms with van der Waals surface area (Å²) in [4.78, 5) is 12.8. The third-order valence-electron chi connectivity index (χ3n) is 5.51. The number of para-hydroxylation sites is 1. The van der Waals surface area contributed by atoms with Crippen LogP contribution in [0.25, 0.3) is 0 Å². The molecule has 0 bridgehead atoms. The lowest BCUT2D eigenvalue weighted by Gasteiger charge is -2.30. The van der Waals surface area contributed by atoms with Gasteiger partial charge in [0.25, 0.3) is 15.9 Å². The Hall–Kier alpha value is -2.09. The monoisotopic (exact) mass is 435 g/mol. The van der Waals surface area contributed by atoms with Crippen molar-refractivity contribution in [2.24, 2.45) is 11.7 Å². The second-order valence-corrected chi connectivity index (χ2v) is 9.35. The minimum atomic E-state index is -3.74. The van der Waals surface area contributed by atoms with E-state index in [1.54, 1.807) is 18.2 Å². The Morgan fingerprint density at radius 1 is 1.17 bits per heavy atom. The van der Waals surface area contributed by atoms with Crippen molar-refractivity contribution in [2.75, 3.05) is 17.4 Å². The topological polar surface area (TPSA) is 92.5 Å². The fraction of sp³-hybridized carbons (Fsp3) is 0.381. The maximum Gasteiger partial charge on any atom is 0.264 e. The molecule has 1 aliphatic carbocycles. The highest BCUT2D eigenvalue weighted by molar-refractivity contribution is 7.92. The molecule has 1 aliphatic heterocycles. The van der Waals surface area contributed by atoms with Crippen LogP contribution in [0, 0.1) is 5.92 Å². The van der Waals surface area contributed by atoms with Crippen LogP contribution in [0.15, 0.2) is 53.4 Å². The number of carbonyl (C=O) groups excluding carboxylic acids is 1. The fourth-order valence-corrected chi connectivity index (χ4v) is 5.38. The van der Waals surface area contributed by atoms with Crippen LogP contribution in [0.4, 0.5) is 5.69 Å². The number of carbonyl (C=O) groups is 1. The molecule has 2 aromatic carbocycles. The SMILES string of the molecule is Cl.NCC(NC(=O)c1cccc(S(=O)(=O)N2CCCc3ccccc32)c1)C1CC1. The maximum absolute atomic E-state index is 13.3. The number of aryl methyl sites for hydroxylation is 1. The van der Waals surface area contributed by atoms with E-state index in [9.17, 15) is 13.2 Å². The number of nitrogens with one attached hydrogen (secondary N) is 1. The van der Waals surface area contributed by atoms with Gasteiger partial charge >= 0.3 is 0 Å². The molecule has 156 valence electrons. The molecule has 1 amide bonds. The molecule has 1 atom stereocenters. The molecule has 0 spiro atoms. The summed E-state index contributed by atoms with van der Waals surface area (Å²) in [6, 6.07) is 13.8. The van der Waals surface area contributed by atoms with Gasteiger partial charge < -0.3 is 11.1 Å². The van der Waals surface area contributed by atoms with E-state index in [4.69, 9.17) is 5.73 Å². The molecule has 0 saturated heterocycles. The van der Waals surface area contributed by atoms with E-state index in [2.05, 4.69) is 5.32 Å². The van der Waals surface area contributed by atoms with E-state index in [0.29, 0.717) is 24.6 Å². The van der Waals surface area contributed by atoms with Crippen molar-refractivity contribution in [1.82, 2.24) is 5.32 Å². The van der Waals surface area contributed by atoms with Crippen LogP contribution in [0.5, 0.6) is 0 Å². The quantitative estimate of drug-likeness (QED) is 0.729. The summed E-state index contributed by atoms with van der Waals surface area (Å²) in [6.45, 7) is 0.825. The number of amides is 1. The Bertz CT molecular complexity index is 992. The zero-order chi connectivity index (χ0) is 19.7. The Labute approximate surface area is 177 Å². The van der Waals surface area contributed by atoms with E-state index >= 15 is 0 Å². The molecule has 3 N–H and O–H groups in total. The van der Waals surface area contributed by atoms with E-state index in [1.165, 1.54) is 10.4 Å². The van der Waals surface area contributed by atoms with Crippen LogP contribution in [-0.4, -0.2) is 33.5 Å². The summed E-state index contributed by atoms with van der Waals surface area (Å²) in [5.74, 6) is 0.157. The molecule has 0 aromatic heterocycles. The van der Waals surface area contributed by atoms with Gasteiger partial charge in [0, 0.05) is 24.7 Å². The third-order valence-corrected chi connectivity index (χ3v) is 7.32. The standard InChI is InChI=1S/C21H25N3O3S.ClH/c22-14-19(15-10-11-15)23-21(25)17-6-3-8-18(13-17)28(26,27)24-12-4-7-16-5-1-2-9-20(16)24;/h1-3,5-6,8-9,13,15,19H,4,7,10-12,14,22H2,(H,23,25);1H. The molecule has 2 aliphatic rings. The van der Waals surface area contributed by atoms with Crippen LogP contribution in [0.1, 0.15) is 35.2 Å². The van der Waals surface area contributed by atoms with E-state index in [-0.39, 0.29) is 29.3 Å². The molecule has 1 fully saturated rings. The summed E-state index contributed by atoms with van der Waals surface area (Å²) < 4.78 is 28.0. The summed E-state index contributed by atoms with van der Waals surface area (Å²) in [5.41, 5.74) is 7.85. The lowest BCUT2D eigenvalue weighted by molar-refractivity contribution is 0.0933. The molecular weight excluding hydrogens is 410 g/mol. The summed E-state index contributed by atoms with van der Waals surface area (Å²) >= 11 is 0. The minimum absolute atomic E-state index is 0. The van der Waals surface area contributed by atoms with Gasteiger partial charge in [0.1, 0.15) is 0 Å². The van der Waals surface area contributed by atoms with Crippen LogP contribution in [0.2, 0.25) is 0 Å². The number of hydrogen-bond donors (Lipinski definition) is 2. The van der Waals surface area contributed by atoms with E-state index in [0.717, 1.165) is 36.9 Å². The molecule has 6 nitrogen and oxygen atoms in total. The maximum atomic E-state index is 13.3. The van der Waals surface area contributed by atoms with Crippen molar-refractivity contribution >= 4 is 34.0 Å². The lowest BCUT2D eigenvalue weighted by atomic mass is 10.0. The van der Waals surface area contributed by atoms with Gasteiger partial charge in [-0.15, -0.1) is 12.4 Å². The van der Waals surface area contributed by atoms with Gasteiger partial charge in [-0.25, -0.2) is 8.42 Å². The number of sulfonamides is 1. The lowest BCUT2D eigenvalue weighted by Crippen LogP contribution is -2.41. The van der Waals surface area contributed by atoms with Crippen molar-refractivity contribution in [2.45, 2.75) is 36.6 Å². The average molecular weight is 436 g/mol. The van der Waals surface area contributed by atoms with Gasteiger partial charge in [0.15, 0.2) is 0 Å². The van der Waals surface area contributed by atoms with Gasteiger partial charge in [0.05, 0.1) is 10.6 Å². The molecule has 4 rings (SSSR count). The third kappa shape index (κ3) is 4.42. The van der Waals surface area contributed by atoms with E-state index < -0.39 is 10.0 Å². The highest BCUT2D eigenvalue weighted by Gasteiger charge is 2.32. The normalized spacial score (nSPS) is 17.1. The molecule has 8 heteroatoms. The number of anilines is 1. The Morgan fingerprint density at radius 3 is 2.66 bits per heavy atom. The van der Waals surface area contributed by atoms with Gasteiger partial charge in [-0.05, 0) is 61.4 Å². The van der Waals surface area contributed by atoms with E-state index in [1.807, 2.05) is 24.3 Å². The Balaban J connectivity index is 0.00000240. The summed E-state index contributed by atoms with van der Waals surface area (Å²) in [6.07, 6.45) is 3.79. The van der Waals surface area contributed by atoms with Gasteiger partial charge in [0.2, 0.25) is 0 Å². The second-order valence-electron chi connectivity index (χ2n) is 7.49. The Morgan fingerprint density at radius 2 is 1.93 bits per heavy atom. The van der Waals surface area contributed by atoms with Crippen molar-refractivity contribution in [3.8, 4) is 0 Å². The van der Waals surface area contributed by atoms with Crippen molar-refractivity contribution < 1.29 is 13.2 Å². The number of fused-ring (bicyclic) bond motifs is 1. The summed E-state index contributed by atoms with van der Waals surface area (Å²) in [5, 5.41) is 2.95. The molecule has 1 saturated carbocycles. The van der Waals surface area contributed by atoms with Gasteiger partial charge in [-0.1, -0.05) is 24.3 Å². The minimum Gasteiger partial charge on any atom is -0.348 e. The van der Waals surface area contributed by atoms with Gasteiger partial charge in [-0.3, -0.25) is 9.10 Å². The zero-order valence-electron chi connectivity index (χ0n) is 16.1. The predicted octanol–water partition coefficient (Wildman–Crippen LogP) is 2.72. The Kier molecular flexibility index (Phi) is 6.51. The number of nitrogens with two attached hydrogens (primary N) is 1. The number of nitrogens with zero attached hydrogens (tertiary/aromatic N) is 1. The van der Waals surface area contributed by atoms with Gasteiger partial charge in [-0.2, -0.15) is 0 Å². The van der Waals surface area contributed by atoms with Crippen LogP contribution in [-0.2, 0) is 16.4 Å². The van der Waals surface area contributed by atoms with Crippen molar-refractivity contribution in [3.05, 3.63) is 59.7 Å². The number of rotatable bonds is 6. The predicted molar refractivity (Wildman–Crippen MR) is 116 cm³/mol. The zero-order valence-corrected chi connectivity index (χ0v) is 17.7. The first kappa shape index (κ1) is 21.6. The smallest absolute Gasteiger partial charge is 0.264 e. The molecule has 2 aromatic rings. The largest absolute Gasteiger partial charge is 0.348 e. The van der Waals surface area contributed by atoms with Crippen LogP contribution >= 0.6 is 12.4 Å². The number of benzene rings is 2. The molecular formula is C21H26ClN3O3S. The molecule has 0 radical (unpaired) electrons. The van der Waals surface area contributed by atoms with Crippen molar-refractivity contribution in [3.63, 3.8) is 0 Å². The molecule has 29 heavy (non-hydrogen) atoms. The first-order chi connectivity index (χ1) is 13.5. The van der Waals surface area contributed by atoms with Crippen LogP contribution in [0.3, 0.4) is 0 Å². The fourth-order valence-electron chi connectivity index (χ4n) is 3.79.